The molecule has 1 aromatic rings. The van der Waals surface area contributed by atoms with Gasteiger partial charge in [0.15, 0.2) is 0 Å². The van der Waals surface area contributed by atoms with Crippen molar-refractivity contribution in [1.82, 2.24) is 5.32 Å². The molecule has 96 valence electrons. The van der Waals surface area contributed by atoms with E-state index in [0.29, 0.717) is 15.7 Å². The number of hydrogen-bond acceptors (Lipinski definition) is 2. The average molecular weight is 287 g/mol. The molecule has 18 heavy (non-hydrogen) atoms. The maximum atomic E-state index is 12.2. The molecular formula is C12H12Cl2N2O2. The number of anilines is 1. The Morgan fingerprint density at radius 2 is 1.89 bits per heavy atom. The first-order chi connectivity index (χ1) is 8.31. The Bertz CT molecular complexity index is 529. The van der Waals surface area contributed by atoms with Crippen molar-refractivity contribution >= 4 is 40.7 Å². The first-order valence-electron chi connectivity index (χ1n) is 5.39. The van der Waals surface area contributed by atoms with Crippen LogP contribution in [0.5, 0.6) is 0 Å². The molecule has 0 radical (unpaired) electrons. The second-order valence-electron chi connectivity index (χ2n) is 4.66. The van der Waals surface area contributed by atoms with Gasteiger partial charge in [-0.05, 0) is 32.0 Å². The van der Waals surface area contributed by atoms with Crippen molar-refractivity contribution in [1.29, 1.82) is 0 Å². The van der Waals surface area contributed by atoms with Crippen molar-refractivity contribution in [2.75, 3.05) is 11.4 Å². The highest BCUT2D eigenvalue weighted by molar-refractivity contribution is 6.42. The molecule has 0 saturated carbocycles. The minimum absolute atomic E-state index is 0.0137. The van der Waals surface area contributed by atoms with Crippen LogP contribution in [0.1, 0.15) is 13.8 Å². The maximum Gasteiger partial charge on any atom is 0.252 e. The molecule has 1 heterocycles. The average Bonchev–Trinajstić information content (AvgIpc) is 2.27. The summed E-state index contributed by atoms with van der Waals surface area (Å²) < 4.78 is 0. The van der Waals surface area contributed by atoms with Gasteiger partial charge >= 0.3 is 0 Å². The molecule has 1 aromatic carbocycles. The summed E-state index contributed by atoms with van der Waals surface area (Å²) in [6, 6.07) is 4.85. The quantitative estimate of drug-likeness (QED) is 0.861. The van der Waals surface area contributed by atoms with E-state index in [-0.39, 0.29) is 18.4 Å². The Morgan fingerprint density at radius 1 is 1.22 bits per heavy atom. The molecule has 0 aromatic heterocycles. The number of rotatable bonds is 1. The first-order valence-corrected chi connectivity index (χ1v) is 6.15. The molecule has 6 heteroatoms. The van der Waals surface area contributed by atoms with Crippen LogP contribution in [0.25, 0.3) is 0 Å². The lowest BCUT2D eigenvalue weighted by Gasteiger charge is -2.37. The van der Waals surface area contributed by atoms with Gasteiger partial charge in [-0.15, -0.1) is 0 Å². The number of nitrogens with one attached hydrogen (secondary N) is 1. The summed E-state index contributed by atoms with van der Waals surface area (Å²) >= 11 is 11.7. The van der Waals surface area contributed by atoms with Crippen LogP contribution < -0.4 is 10.2 Å². The van der Waals surface area contributed by atoms with E-state index in [2.05, 4.69) is 5.32 Å². The van der Waals surface area contributed by atoms with Gasteiger partial charge in [0, 0.05) is 5.69 Å². The summed E-state index contributed by atoms with van der Waals surface area (Å²) in [6.07, 6.45) is 0. The third-order valence-corrected chi connectivity index (χ3v) is 3.49. The molecule has 0 aliphatic carbocycles. The van der Waals surface area contributed by atoms with Crippen LogP contribution in [-0.2, 0) is 9.59 Å². The fourth-order valence-corrected chi connectivity index (χ4v) is 2.15. The van der Waals surface area contributed by atoms with Gasteiger partial charge in [0.2, 0.25) is 5.91 Å². The van der Waals surface area contributed by atoms with Gasteiger partial charge in [-0.1, -0.05) is 23.2 Å². The summed E-state index contributed by atoms with van der Waals surface area (Å²) in [5.74, 6) is -0.383. The third-order valence-electron chi connectivity index (χ3n) is 2.75. The minimum atomic E-state index is -0.915. The fourth-order valence-electron chi connectivity index (χ4n) is 1.86. The summed E-state index contributed by atoms with van der Waals surface area (Å²) in [5.41, 5.74) is -0.348. The van der Waals surface area contributed by atoms with Crippen LogP contribution in [0, 0.1) is 0 Å². The number of nitrogens with zero attached hydrogens (tertiary/aromatic N) is 1. The van der Waals surface area contributed by atoms with Gasteiger partial charge in [0.05, 0.1) is 10.0 Å². The molecule has 1 saturated heterocycles. The monoisotopic (exact) mass is 286 g/mol. The number of carbonyl (C=O) groups excluding carboxylic acids is 2. The van der Waals surface area contributed by atoms with E-state index in [0.717, 1.165) is 0 Å². The summed E-state index contributed by atoms with van der Waals surface area (Å²) in [7, 11) is 0. The molecule has 2 rings (SSSR count). The highest BCUT2D eigenvalue weighted by Crippen LogP contribution is 2.29. The minimum Gasteiger partial charge on any atom is -0.341 e. The van der Waals surface area contributed by atoms with Crippen LogP contribution in [0.15, 0.2) is 18.2 Å². The highest BCUT2D eigenvalue weighted by Gasteiger charge is 2.39. The SMILES string of the molecule is CC1(C)NC(=O)CN(c2ccc(Cl)c(Cl)c2)C1=O. The van der Waals surface area contributed by atoms with Gasteiger partial charge in [-0.3, -0.25) is 9.59 Å². The third kappa shape index (κ3) is 2.31. The number of amides is 2. The summed E-state index contributed by atoms with van der Waals surface area (Å²) in [5, 5.41) is 3.41. The van der Waals surface area contributed by atoms with Crippen LogP contribution in [-0.4, -0.2) is 23.9 Å². The molecule has 2 amide bonds. The fraction of sp³-hybridized carbons (Fsp3) is 0.333. The van der Waals surface area contributed by atoms with E-state index in [9.17, 15) is 9.59 Å². The van der Waals surface area contributed by atoms with Crippen LogP contribution >= 0.6 is 23.2 Å². The predicted molar refractivity (Wildman–Crippen MR) is 71.0 cm³/mol. The molecule has 1 aliphatic rings. The molecule has 0 unspecified atom stereocenters. The molecule has 0 atom stereocenters. The zero-order chi connectivity index (χ0) is 13.5. The van der Waals surface area contributed by atoms with Crippen molar-refractivity contribution in [3.63, 3.8) is 0 Å². The Kier molecular flexibility index (Phi) is 3.25. The zero-order valence-corrected chi connectivity index (χ0v) is 11.5. The van der Waals surface area contributed by atoms with E-state index in [4.69, 9.17) is 23.2 Å². The Hall–Kier alpha value is -1.26. The highest BCUT2D eigenvalue weighted by atomic mass is 35.5. The largest absolute Gasteiger partial charge is 0.341 e. The predicted octanol–water partition coefficient (Wildman–Crippen LogP) is 2.23. The lowest BCUT2D eigenvalue weighted by Crippen LogP contribution is -2.64. The number of benzene rings is 1. The van der Waals surface area contributed by atoms with Crippen molar-refractivity contribution in [3.8, 4) is 0 Å². The van der Waals surface area contributed by atoms with Crippen LogP contribution in [0.4, 0.5) is 5.69 Å². The van der Waals surface area contributed by atoms with Gasteiger partial charge in [-0.2, -0.15) is 0 Å². The maximum absolute atomic E-state index is 12.2. The molecule has 1 aliphatic heterocycles. The Labute approximate surface area is 115 Å². The molecule has 4 nitrogen and oxygen atoms in total. The van der Waals surface area contributed by atoms with Crippen LogP contribution in [0.3, 0.4) is 0 Å². The zero-order valence-electron chi connectivity index (χ0n) is 9.96. The number of halogens is 2. The second kappa shape index (κ2) is 4.44. The second-order valence-corrected chi connectivity index (χ2v) is 5.48. The normalized spacial score (nSPS) is 18.8. The number of hydrogen-bond donors (Lipinski definition) is 1. The van der Waals surface area contributed by atoms with Crippen molar-refractivity contribution in [2.24, 2.45) is 0 Å². The van der Waals surface area contributed by atoms with E-state index in [1.807, 2.05) is 0 Å². The number of carbonyl (C=O) groups is 2. The van der Waals surface area contributed by atoms with E-state index in [1.165, 1.54) is 4.90 Å². The van der Waals surface area contributed by atoms with Crippen LogP contribution in [0.2, 0.25) is 10.0 Å². The van der Waals surface area contributed by atoms with Crippen molar-refractivity contribution in [2.45, 2.75) is 19.4 Å². The molecule has 0 spiro atoms. The number of piperazine rings is 1. The van der Waals surface area contributed by atoms with E-state index >= 15 is 0 Å². The topological polar surface area (TPSA) is 49.4 Å². The lowest BCUT2D eigenvalue weighted by atomic mass is 10.00. The van der Waals surface area contributed by atoms with E-state index < -0.39 is 5.54 Å². The summed E-state index contributed by atoms with van der Waals surface area (Å²) in [4.78, 5) is 25.2. The molecule has 1 fully saturated rings. The molecular weight excluding hydrogens is 275 g/mol. The molecule has 1 N–H and O–H groups in total. The molecule has 0 bridgehead atoms. The van der Waals surface area contributed by atoms with E-state index in [1.54, 1.807) is 32.0 Å². The smallest absolute Gasteiger partial charge is 0.252 e. The van der Waals surface area contributed by atoms with Crippen molar-refractivity contribution in [3.05, 3.63) is 28.2 Å². The standard InChI is InChI=1S/C12H12Cl2N2O2/c1-12(2)11(18)16(6-10(17)15-12)7-3-4-8(13)9(14)5-7/h3-5H,6H2,1-2H3,(H,15,17). The Morgan fingerprint density at radius 3 is 2.50 bits per heavy atom. The lowest BCUT2D eigenvalue weighted by molar-refractivity contribution is -0.134. The summed E-state index contributed by atoms with van der Waals surface area (Å²) in [6.45, 7) is 3.31. The Balaban J connectivity index is 2.39. The van der Waals surface area contributed by atoms with Gasteiger partial charge in [-0.25, -0.2) is 0 Å². The van der Waals surface area contributed by atoms with Gasteiger partial charge in [0.1, 0.15) is 12.1 Å². The van der Waals surface area contributed by atoms with Crippen molar-refractivity contribution < 1.29 is 9.59 Å². The van der Waals surface area contributed by atoms with Gasteiger partial charge < -0.3 is 10.2 Å². The van der Waals surface area contributed by atoms with Gasteiger partial charge in [0.25, 0.3) is 5.91 Å². The first kappa shape index (κ1) is 13.2.